The first-order chi connectivity index (χ1) is 9.06. The molecular weight excluding hydrogens is 266 g/mol. The molecule has 2 N–H and O–H groups in total. The Morgan fingerprint density at radius 1 is 1.47 bits per heavy atom. The molecule has 1 heterocycles. The van der Waals surface area contributed by atoms with Crippen LogP contribution < -0.4 is 5.32 Å². The van der Waals surface area contributed by atoms with Crippen molar-refractivity contribution in [2.75, 3.05) is 18.4 Å². The molecule has 6 nitrogen and oxygen atoms in total. The average molecular weight is 281 g/mol. The summed E-state index contributed by atoms with van der Waals surface area (Å²) in [6, 6.07) is 6.08. The van der Waals surface area contributed by atoms with Gasteiger partial charge in [0.05, 0.1) is 11.0 Å². The molecule has 1 aromatic carbocycles. The number of non-ortho nitro benzene ring substituents is 1. The number of hydrogen-bond donors (Lipinski definition) is 2. The Morgan fingerprint density at radius 3 is 2.74 bits per heavy atom. The van der Waals surface area contributed by atoms with E-state index in [1.54, 1.807) is 12.1 Å². The van der Waals surface area contributed by atoms with Crippen LogP contribution in [0.15, 0.2) is 24.3 Å². The maximum atomic E-state index is 10.5. The number of anilines is 1. The van der Waals surface area contributed by atoms with Crippen molar-refractivity contribution in [3.63, 3.8) is 0 Å². The second-order valence-electron chi connectivity index (χ2n) is 4.48. The van der Waals surface area contributed by atoms with E-state index in [1.807, 2.05) is 4.90 Å². The SMILES string of the molecule is O=[N+]([O-])c1ccc(NC(=S)N2CCC[C@@H](O)C2)cc1. The molecule has 1 fully saturated rings. The second-order valence-corrected chi connectivity index (χ2v) is 4.86. The maximum absolute atomic E-state index is 10.5. The number of piperidine rings is 1. The van der Waals surface area contributed by atoms with Gasteiger partial charge in [0.25, 0.3) is 5.69 Å². The summed E-state index contributed by atoms with van der Waals surface area (Å²) in [5, 5.41) is 23.7. The van der Waals surface area contributed by atoms with Gasteiger partial charge in [0, 0.05) is 30.9 Å². The van der Waals surface area contributed by atoms with Crippen molar-refractivity contribution >= 4 is 28.7 Å². The van der Waals surface area contributed by atoms with Crippen LogP contribution in [0.3, 0.4) is 0 Å². The fourth-order valence-corrected chi connectivity index (χ4v) is 2.29. The molecule has 1 aromatic rings. The Balaban J connectivity index is 1.96. The molecule has 0 spiro atoms. The van der Waals surface area contributed by atoms with Crippen molar-refractivity contribution in [3.8, 4) is 0 Å². The quantitative estimate of drug-likeness (QED) is 0.488. The number of rotatable bonds is 2. The minimum absolute atomic E-state index is 0.0462. The Kier molecular flexibility index (Phi) is 4.28. The van der Waals surface area contributed by atoms with Gasteiger partial charge in [-0.25, -0.2) is 0 Å². The molecule has 1 saturated heterocycles. The van der Waals surface area contributed by atoms with Gasteiger partial charge in [-0.15, -0.1) is 0 Å². The lowest BCUT2D eigenvalue weighted by molar-refractivity contribution is -0.384. The van der Waals surface area contributed by atoms with E-state index in [4.69, 9.17) is 12.2 Å². The van der Waals surface area contributed by atoms with Crippen molar-refractivity contribution in [2.45, 2.75) is 18.9 Å². The van der Waals surface area contributed by atoms with Crippen LogP contribution in [0, 0.1) is 10.1 Å². The third kappa shape index (κ3) is 3.62. The van der Waals surface area contributed by atoms with Crippen molar-refractivity contribution in [1.82, 2.24) is 4.90 Å². The summed E-state index contributed by atoms with van der Waals surface area (Å²) in [6.07, 6.45) is 1.37. The summed E-state index contributed by atoms with van der Waals surface area (Å²) in [4.78, 5) is 12.0. The van der Waals surface area contributed by atoms with Gasteiger partial charge in [-0.2, -0.15) is 0 Å². The number of nitrogens with one attached hydrogen (secondary N) is 1. The van der Waals surface area contributed by atoms with E-state index >= 15 is 0 Å². The third-order valence-corrected chi connectivity index (χ3v) is 3.37. The molecule has 0 saturated carbocycles. The smallest absolute Gasteiger partial charge is 0.269 e. The summed E-state index contributed by atoms with van der Waals surface area (Å²) in [5.41, 5.74) is 0.750. The highest BCUT2D eigenvalue weighted by molar-refractivity contribution is 7.80. The molecule has 1 atom stereocenters. The topological polar surface area (TPSA) is 78.6 Å². The van der Waals surface area contributed by atoms with E-state index in [1.165, 1.54) is 12.1 Å². The highest BCUT2D eigenvalue weighted by atomic mass is 32.1. The van der Waals surface area contributed by atoms with Crippen molar-refractivity contribution in [1.29, 1.82) is 0 Å². The number of thiocarbonyl (C=S) groups is 1. The molecule has 0 unspecified atom stereocenters. The first kappa shape index (κ1) is 13.7. The molecule has 0 aromatic heterocycles. The van der Waals surface area contributed by atoms with Crippen LogP contribution in [0.5, 0.6) is 0 Å². The summed E-state index contributed by atoms with van der Waals surface area (Å²) >= 11 is 5.26. The van der Waals surface area contributed by atoms with Crippen LogP contribution in [0.2, 0.25) is 0 Å². The maximum Gasteiger partial charge on any atom is 0.269 e. The fourth-order valence-electron chi connectivity index (χ4n) is 2.01. The van der Waals surface area contributed by atoms with Gasteiger partial charge >= 0.3 is 0 Å². The number of β-amino-alcohol motifs (C(OH)–C–C–N with tert-alkyl or cyclic N) is 1. The summed E-state index contributed by atoms with van der Waals surface area (Å²) in [5.74, 6) is 0. The number of aliphatic hydroxyl groups excluding tert-OH is 1. The van der Waals surface area contributed by atoms with Crippen molar-refractivity contribution < 1.29 is 10.0 Å². The van der Waals surface area contributed by atoms with Gasteiger partial charge < -0.3 is 15.3 Å². The molecule has 0 aliphatic carbocycles. The van der Waals surface area contributed by atoms with Gasteiger partial charge in [-0.05, 0) is 37.2 Å². The zero-order valence-corrected chi connectivity index (χ0v) is 11.1. The minimum atomic E-state index is -0.441. The Morgan fingerprint density at radius 2 is 2.16 bits per heavy atom. The molecule has 1 aliphatic heterocycles. The number of likely N-dealkylation sites (tertiary alicyclic amines) is 1. The van der Waals surface area contributed by atoms with E-state index in [2.05, 4.69) is 5.32 Å². The highest BCUT2D eigenvalue weighted by Crippen LogP contribution is 2.17. The normalized spacial score (nSPS) is 19.0. The Labute approximate surface area is 116 Å². The zero-order valence-electron chi connectivity index (χ0n) is 10.3. The Hall–Kier alpha value is -1.73. The molecule has 7 heteroatoms. The molecule has 2 rings (SSSR count). The third-order valence-electron chi connectivity index (χ3n) is 3.01. The van der Waals surface area contributed by atoms with Gasteiger partial charge in [0.2, 0.25) is 0 Å². The zero-order chi connectivity index (χ0) is 13.8. The number of hydrogen-bond acceptors (Lipinski definition) is 4. The van der Waals surface area contributed by atoms with Crippen molar-refractivity contribution in [2.24, 2.45) is 0 Å². The summed E-state index contributed by atoms with van der Waals surface area (Å²) < 4.78 is 0. The summed E-state index contributed by atoms with van der Waals surface area (Å²) in [7, 11) is 0. The monoisotopic (exact) mass is 281 g/mol. The van der Waals surface area contributed by atoms with Gasteiger partial charge in [0.1, 0.15) is 0 Å². The van der Waals surface area contributed by atoms with E-state index in [9.17, 15) is 15.2 Å². The molecule has 1 aliphatic rings. The second kappa shape index (κ2) is 5.94. The molecule has 0 bridgehead atoms. The fraction of sp³-hybridized carbons (Fsp3) is 0.417. The lowest BCUT2D eigenvalue weighted by atomic mass is 10.1. The van der Waals surface area contributed by atoms with Crippen LogP contribution in [0.25, 0.3) is 0 Å². The largest absolute Gasteiger partial charge is 0.391 e. The standard InChI is InChI=1S/C12H15N3O3S/c16-11-2-1-7-14(8-11)12(19)13-9-3-5-10(6-4-9)15(17)18/h3-6,11,16H,1-2,7-8H2,(H,13,19)/t11-/m1/s1. The molecule has 102 valence electrons. The Bertz CT molecular complexity index is 478. The van der Waals surface area contributed by atoms with Crippen LogP contribution in [0.4, 0.5) is 11.4 Å². The predicted octanol–water partition coefficient (Wildman–Crippen LogP) is 1.75. The van der Waals surface area contributed by atoms with E-state index in [-0.39, 0.29) is 11.8 Å². The number of nitro groups is 1. The van der Waals surface area contributed by atoms with Crippen molar-refractivity contribution in [3.05, 3.63) is 34.4 Å². The highest BCUT2D eigenvalue weighted by Gasteiger charge is 2.19. The van der Waals surface area contributed by atoms with E-state index in [0.29, 0.717) is 17.3 Å². The molecule has 0 amide bonds. The van der Waals surface area contributed by atoms with E-state index in [0.717, 1.165) is 19.4 Å². The summed E-state index contributed by atoms with van der Waals surface area (Å²) in [6.45, 7) is 1.34. The first-order valence-electron chi connectivity index (χ1n) is 6.05. The average Bonchev–Trinajstić information content (AvgIpc) is 2.39. The molecule has 0 radical (unpaired) electrons. The van der Waals surface area contributed by atoms with E-state index < -0.39 is 4.92 Å². The molecule has 19 heavy (non-hydrogen) atoms. The number of nitro benzene ring substituents is 1. The van der Waals surface area contributed by atoms with Gasteiger partial charge in [-0.3, -0.25) is 10.1 Å². The number of aliphatic hydroxyl groups is 1. The van der Waals surface area contributed by atoms with Crippen LogP contribution in [0.1, 0.15) is 12.8 Å². The van der Waals surface area contributed by atoms with Gasteiger partial charge in [-0.1, -0.05) is 0 Å². The predicted molar refractivity (Wildman–Crippen MR) is 76.1 cm³/mol. The minimum Gasteiger partial charge on any atom is -0.391 e. The van der Waals surface area contributed by atoms with Crippen LogP contribution >= 0.6 is 12.2 Å². The van der Waals surface area contributed by atoms with Crippen LogP contribution in [-0.4, -0.2) is 39.2 Å². The van der Waals surface area contributed by atoms with Gasteiger partial charge in [0.15, 0.2) is 5.11 Å². The molecular formula is C12H15N3O3S. The number of nitrogens with zero attached hydrogens (tertiary/aromatic N) is 2. The lowest BCUT2D eigenvalue weighted by Gasteiger charge is -2.32. The lowest BCUT2D eigenvalue weighted by Crippen LogP contribution is -2.44. The first-order valence-corrected chi connectivity index (χ1v) is 6.45. The number of benzene rings is 1. The van der Waals surface area contributed by atoms with Crippen LogP contribution in [-0.2, 0) is 0 Å².